The standard InChI is InChI=1S/C14H18GeNO/c1-16(13-9-7-12(15)8-10-13)14(17)11-5-3-2-4-6-11/h7-11H,2-6H2,1H3. The van der Waals surface area contributed by atoms with E-state index in [4.69, 9.17) is 0 Å². The molecule has 0 aromatic heterocycles. The van der Waals surface area contributed by atoms with Gasteiger partial charge in [0, 0.05) is 0 Å². The Labute approximate surface area is 112 Å². The Bertz CT molecular complexity index is 382. The van der Waals surface area contributed by atoms with E-state index in [2.05, 4.69) is 28.6 Å². The zero-order valence-electron chi connectivity index (χ0n) is 10.3. The van der Waals surface area contributed by atoms with E-state index in [0.29, 0.717) is 0 Å². The quantitative estimate of drug-likeness (QED) is 0.763. The molecular weight excluding hydrogens is 271 g/mol. The van der Waals surface area contributed by atoms with Gasteiger partial charge in [-0.25, -0.2) is 0 Å². The Morgan fingerprint density at radius 2 is 1.76 bits per heavy atom. The number of hydrogen-bond donors (Lipinski definition) is 0. The third-order valence-electron chi connectivity index (χ3n) is 3.54. The molecule has 0 spiro atoms. The van der Waals surface area contributed by atoms with Gasteiger partial charge in [-0.15, -0.1) is 0 Å². The van der Waals surface area contributed by atoms with Crippen molar-refractivity contribution in [1.82, 2.24) is 0 Å². The van der Waals surface area contributed by atoms with Crippen LogP contribution in [-0.2, 0) is 4.79 Å². The van der Waals surface area contributed by atoms with Gasteiger partial charge in [-0.2, -0.15) is 0 Å². The Morgan fingerprint density at radius 1 is 1.18 bits per heavy atom. The minimum absolute atomic E-state index is 0.245. The van der Waals surface area contributed by atoms with Crippen LogP contribution < -0.4 is 9.30 Å². The SMILES string of the molecule is CN(C(=O)C1CCCCC1)c1cc[c]([Ge])cc1. The monoisotopic (exact) mass is 290 g/mol. The van der Waals surface area contributed by atoms with E-state index >= 15 is 0 Å². The molecule has 1 amide bonds. The first kappa shape index (κ1) is 12.7. The summed E-state index contributed by atoms with van der Waals surface area (Å²) in [6.07, 6.45) is 5.83. The number of anilines is 1. The summed E-state index contributed by atoms with van der Waals surface area (Å²) < 4.78 is 1.23. The molecule has 17 heavy (non-hydrogen) atoms. The van der Waals surface area contributed by atoms with Crippen LogP contribution in [-0.4, -0.2) is 29.5 Å². The van der Waals surface area contributed by atoms with Crippen LogP contribution in [0.3, 0.4) is 0 Å². The summed E-state index contributed by atoms with van der Waals surface area (Å²) in [7, 11) is 1.89. The number of rotatable bonds is 2. The normalized spacial score (nSPS) is 16.8. The van der Waals surface area contributed by atoms with E-state index in [1.807, 2.05) is 24.1 Å². The summed E-state index contributed by atoms with van der Waals surface area (Å²) >= 11 is 2.06. The fourth-order valence-corrected chi connectivity index (χ4v) is 2.79. The Kier molecular flexibility index (Phi) is 4.27. The molecule has 1 aromatic rings. The molecule has 0 atom stereocenters. The number of amides is 1. The van der Waals surface area contributed by atoms with Gasteiger partial charge in [-0.3, -0.25) is 0 Å². The van der Waals surface area contributed by atoms with Crippen LogP contribution in [0.5, 0.6) is 0 Å². The molecule has 0 N–H and O–H groups in total. The van der Waals surface area contributed by atoms with Crippen LogP contribution >= 0.6 is 0 Å². The van der Waals surface area contributed by atoms with Gasteiger partial charge in [-0.1, -0.05) is 0 Å². The fraction of sp³-hybridized carbons (Fsp3) is 0.500. The maximum absolute atomic E-state index is 12.3. The van der Waals surface area contributed by atoms with Gasteiger partial charge < -0.3 is 0 Å². The number of nitrogens with zero attached hydrogens (tertiary/aromatic N) is 1. The molecule has 0 heterocycles. The second kappa shape index (κ2) is 5.72. The molecule has 3 radical (unpaired) electrons. The molecule has 1 aromatic carbocycles. The molecule has 0 unspecified atom stereocenters. The van der Waals surface area contributed by atoms with Crippen molar-refractivity contribution < 1.29 is 4.79 Å². The van der Waals surface area contributed by atoms with E-state index in [0.717, 1.165) is 18.5 Å². The summed E-state index contributed by atoms with van der Waals surface area (Å²) in [4.78, 5) is 14.1. The van der Waals surface area contributed by atoms with Crippen LogP contribution in [0.15, 0.2) is 24.3 Å². The van der Waals surface area contributed by atoms with E-state index in [1.54, 1.807) is 0 Å². The van der Waals surface area contributed by atoms with Gasteiger partial charge in [-0.05, 0) is 0 Å². The molecule has 1 aliphatic rings. The molecule has 1 saturated carbocycles. The third-order valence-corrected chi connectivity index (χ3v) is 4.24. The van der Waals surface area contributed by atoms with E-state index in [1.165, 1.54) is 23.7 Å². The number of carbonyl (C=O) groups excluding carboxylic acids is 1. The van der Waals surface area contributed by atoms with Crippen molar-refractivity contribution in [3.05, 3.63) is 24.3 Å². The van der Waals surface area contributed by atoms with Crippen LogP contribution in [0.2, 0.25) is 0 Å². The summed E-state index contributed by atoms with van der Waals surface area (Å²) in [5.74, 6) is 0.531. The first-order chi connectivity index (χ1) is 8.18. The van der Waals surface area contributed by atoms with Crippen molar-refractivity contribution in [3.8, 4) is 0 Å². The Balaban J connectivity index is 2.05. The zero-order valence-corrected chi connectivity index (χ0v) is 12.4. The molecule has 3 heteroatoms. The second-order valence-electron chi connectivity index (χ2n) is 4.78. The van der Waals surface area contributed by atoms with Crippen LogP contribution in [0.4, 0.5) is 5.69 Å². The first-order valence-corrected chi connectivity index (χ1v) is 7.32. The van der Waals surface area contributed by atoms with Gasteiger partial charge in [0.15, 0.2) is 0 Å². The summed E-state index contributed by atoms with van der Waals surface area (Å²) in [5, 5.41) is 0. The predicted molar refractivity (Wildman–Crippen MR) is 71.8 cm³/mol. The average molecular weight is 289 g/mol. The van der Waals surface area contributed by atoms with Crippen molar-refractivity contribution in [3.63, 3.8) is 0 Å². The predicted octanol–water partition coefficient (Wildman–Crippen LogP) is 2.02. The van der Waals surface area contributed by atoms with Gasteiger partial charge in [0.2, 0.25) is 0 Å². The van der Waals surface area contributed by atoms with Gasteiger partial charge in [0.1, 0.15) is 0 Å². The van der Waals surface area contributed by atoms with Gasteiger partial charge in [0.05, 0.1) is 0 Å². The van der Waals surface area contributed by atoms with Crippen molar-refractivity contribution in [1.29, 1.82) is 0 Å². The summed E-state index contributed by atoms with van der Waals surface area (Å²) in [6, 6.07) is 8.16. The molecular formula is C14H18GeNO. The molecule has 0 saturated heterocycles. The molecule has 0 bridgehead atoms. The fourth-order valence-electron chi connectivity index (χ4n) is 2.44. The summed E-state index contributed by atoms with van der Waals surface area (Å²) in [6.45, 7) is 0. The molecule has 1 aliphatic carbocycles. The van der Waals surface area contributed by atoms with E-state index in [9.17, 15) is 4.79 Å². The number of benzene rings is 1. The van der Waals surface area contributed by atoms with Crippen LogP contribution in [0.25, 0.3) is 0 Å². The topological polar surface area (TPSA) is 20.3 Å². The second-order valence-corrected chi connectivity index (χ2v) is 5.99. The third kappa shape index (κ3) is 3.12. The molecule has 2 rings (SSSR count). The molecule has 89 valence electrons. The van der Waals surface area contributed by atoms with Gasteiger partial charge >= 0.3 is 112 Å². The maximum atomic E-state index is 12.3. The van der Waals surface area contributed by atoms with E-state index in [-0.39, 0.29) is 11.8 Å². The Hall–Kier alpha value is -0.767. The number of hydrogen-bond acceptors (Lipinski definition) is 1. The van der Waals surface area contributed by atoms with E-state index < -0.39 is 0 Å². The molecule has 1 fully saturated rings. The van der Waals surface area contributed by atoms with Gasteiger partial charge in [0.25, 0.3) is 0 Å². The summed E-state index contributed by atoms with van der Waals surface area (Å²) in [5.41, 5.74) is 1.01. The van der Waals surface area contributed by atoms with Crippen molar-refractivity contribution in [2.24, 2.45) is 5.92 Å². The number of carbonyl (C=O) groups is 1. The van der Waals surface area contributed by atoms with Crippen LogP contribution in [0, 0.1) is 5.92 Å². The molecule has 0 aliphatic heterocycles. The Morgan fingerprint density at radius 3 is 2.35 bits per heavy atom. The molecule has 2 nitrogen and oxygen atoms in total. The van der Waals surface area contributed by atoms with Crippen molar-refractivity contribution in [2.75, 3.05) is 11.9 Å². The van der Waals surface area contributed by atoms with Crippen LogP contribution in [0.1, 0.15) is 32.1 Å². The average Bonchev–Trinajstić information content (AvgIpc) is 2.39. The van der Waals surface area contributed by atoms with Crippen molar-refractivity contribution in [2.45, 2.75) is 32.1 Å². The minimum atomic E-state index is 0.245. The van der Waals surface area contributed by atoms with Crippen molar-refractivity contribution >= 4 is 32.5 Å². The zero-order chi connectivity index (χ0) is 12.3. The first-order valence-electron chi connectivity index (χ1n) is 6.28.